The van der Waals surface area contributed by atoms with E-state index in [2.05, 4.69) is 10.6 Å². The van der Waals surface area contributed by atoms with Crippen molar-refractivity contribution in [3.8, 4) is 0 Å². The second-order valence-corrected chi connectivity index (χ2v) is 10.4. The van der Waals surface area contributed by atoms with E-state index in [1.807, 2.05) is 72.8 Å². The van der Waals surface area contributed by atoms with Crippen LogP contribution in [0.15, 0.2) is 72.8 Å². The highest BCUT2D eigenvalue weighted by Crippen LogP contribution is 2.20. The molecule has 3 atom stereocenters. The summed E-state index contributed by atoms with van der Waals surface area (Å²) in [4.78, 5) is 38.4. The minimum atomic E-state index is -0.944. The van der Waals surface area contributed by atoms with Gasteiger partial charge in [0.1, 0.15) is 17.7 Å². The number of carbonyl (C=O) groups excluding carboxylic acids is 3. The zero-order valence-electron chi connectivity index (χ0n) is 22.3. The maximum atomic E-state index is 13.3. The van der Waals surface area contributed by atoms with Crippen molar-refractivity contribution in [2.24, 2.45) is 11.5 Å². The van der Waals surface area contributed by atoms with Gasteiger partial charge in [-0.15, -0.1) is 0 Å². The van der Waals surface area contributed by atoms with Crippen LogP contribution in [0.2, 0.25) is 0 Å². The number of rotatable bonds is 11. The summed E-state index contributed by atoms with van der Waals surface area (Å²) >= 11 is 0. The molecule has 3 rings (SSSR count). The number of benzene rings is 3. The average Bonchev–Trinajstić information content (AvgIpc) is 2.89. The highest BCUT2D eigenvalue weighted by Gasteiger charge is 2.27. The molecule has 0 bridgehead atoms. The lowest BCUT2D eigenvalue weighted by molar-refractivity contribution is -0.156. The number of hydrogen-bond acceptors (Lipinski definition) is 6. The smallest absolute Gasteiger partial charge is 0.323 e. The number of carbonyl (C=O) groups is 3. The molecule has 3 aromatic carbocycles. The molecule has 202 valence electrons. The summed E-state index contributed by atoms with van der Waals surface area (Å²) in [6.07, 6.45) is 0.633. The first-order valence-electron chi connectivity index (χ1n) is 12.9. The third-order valence-electron chi connectivity index (χ3n) is 6.08. The predicted octanol–water partition coefficient (Wildman–Crippen LogP) is 2.96. The summed E-state index contributed by atoms with van der Waals surface area (Å²) < 4.78 is 5.29. The Balaban J connectivity index is 1.69. The molecule has 38 heavy (non-hydrogen) atoms. The number of esters is 1. The quantitative estimate of drug-likeness (QED) is 0.288. The van der Waals surface area contributed by atoms with Crippen molar-refractivity contribution < 1.29 is 19.1 Å². The van der Waals surface area contributed by atoms with Crippen LogP contribution in [0.4, 0.5) is 0 Å². The molecule has 0 aromatic heterocycles. The molecule has 8 nitrogen and oxygen atoms in total. The van der Waals surface area contributed by atoms with Gasteiger partial charge in [-0.05, 0) is 55.5 Å². The largest absolute Gasteiger partial charge is 0.459 e. The number of hydrogen-bond donors (Lipinski definition) is 4. The van der Waals surface area contributed by atoms with Gasteiger partial charge in [-0.3, -0.25) is 14.4 Å². The van der Waals surface area contributed by atoms with Crippen molar-refractivity contribution in [1.82, 2.24) is 10.6 Å². The maximum Gasteiger partial charge on any atom is 0.323 e. The van der Waals surface area contributed by atoms with E-state index >= 15 is 0 Å². The van der Waals surface area contributed by atoms with E-state index in [0.717, 1.165) is 21.9 Å². The van der Waals surface area contributed by atoms with Crippen molar-refractivity contribution in [3.05, 3.63) is 83.9 Å². The summed E-state index contributed by atoms with van der Waals surface area (Å²) in [5.74, 6) is -1.34. The standard InChI is InChI=1S/C30H38N4O4/c1-30(2,3)38-29(37)25(32)17-16-24(31)27(35)34-26(28(36)33-19-20-10-5-4-6-11-20)18-22-14-9-13-21-12-7-8-15-23(21)22/h4-15,24-26H,16-19,31-32H2,1-3H3,(H,33,36)(H,34,35)/t24-,25?,26-/m1/s1. The number of nitrogens with two attached hydrogens (primary N) is 2. The molecule has 0 aliphatic heterocycles. The fraction of sp³-hybridized carbons (Fsp3) is 0.367. The van der Waals surface area contributed by atoms with Crippen LogP contribution in [-0.4, -0.2) is 41.5 Å². The number of amides is 2. The van der Waals surface area contributed by atoms with Gasteiger partial charge in [0.15, 0.2) is 0 Å². The molecule has 0 fully saturated rings. The lowest BCUT2D eigenvalue weighted by Gasteiger charge is -2.23. The average molecular weight is 519 g/mol. The summed E-state index contributed by atoms with van der Waals surface area (Å²) in [6.45, 7) is 5.61. The van der Waals surface area contributed by atoms with E-state index in [-0.39, 0.29) is 25.2 Å². The Kier molecular flexibility index (Phi) is 9.98. The molecular formula is C30H38N4O4. The van der Waals surface area contributed by atoms with Crippen LogP contribution in [0.3, 0.4) is 0 Å². The molecule has 0 radical (unpaired) electrons. The van der Waals surface area contributed by atoms with E-state index in [0.29, 0.717) is 6.54 Å². The van der Waals surface area contributed by atoms with Crippen LogP contribution in [0.5, 0.6) is 0 Å². The Bertz CT molecular complexity index is 1230. The summed E-state index contributed by atoms with van der Waals surface area (Å²) in [7, 11) is 0. The van der Waals surface area contributed by atoms with Gasteiger partial charge in [-0.2, -0.15) is 0 Å². The minimum Gasteiger partial charge on any atom is -0.459 e. The number of ether oxygens (including phenoxy) is 1. The highest BCUT2D eigenvalue weighted by atomic mass is 16.6. The van der Waals surface area contributed by atoms with Gasteiger partial charge in [0, 0.05) is 13.0 Å². The molecule has 1 unspecified atom stereocenters. The number of nitrogens with one attached hydrogen (secondary N) is 2. The molecule has 0 spiro atoms. The summed E-state index contributed by atoms with van der Waals surface area (Å²) in [5.41, 5.74) is 13.3. The fourth-order valence-corrected chi connectivity index (χ4v) is 4.07. The van der Waals surface area contributed by atoms with Crippen LogP contribution < -0.4 is 22.1 Å². The molecule has 6 N–H and O–H groups in total. The second kappa shape index (κ2) is 13.2. The third-order valence-corrected chi connectivity index (χ3v) is 6.08. The Morgan fingerprint density at radius 3 is 2.16 bits per heavy atom. The highest BCUT2D eigenvalue weighted by molar-refractivity contribution is 5.91. The molecule has 0 aliphatic rings. The first-order chi connectivity index (χ1) is 18.0. The van der Waals surface area contributed by atoms with Gasteiger partial charge in [0.05, 0.1) is 6.04 Å². The van der Waals surface area contributed by atoms with Gasteiger partial charge < -0.3 is 26.8 Å². The van der Waals surface area contributed by atoms with E-state index in [1.54, 1.807) is 20.8 Å². The van der Waals surface area contributed by atoms with E-state index in [4.69, 9.17) is 16.2 Å². The third kappa shape index (κ3) is 8.68. The Morgan fingerprint density at radius 1 is 0.816 bits per heavy atom. The molecule has 0 aliphatic carbocycles. The monoisotopic (exact) mass is 518 g/mol. The minimum absolute atomic E-state index is 0.166. The van der Waals surface area contributed by atoms with E-state index in [9.17, 15) is 14.4 Å². The normalized spacial score (nSPS) is 13.8. The topological polar surface area (TPSA) is 137 Å². The van der Waals surface area contributed by atoms with Gasteiger partial charge in [0.2, 0.25) is 11.8 Å². The van der Waals surface area contributed by atoms with Gasteiger partial charge in [-0.25, -0.2) is 0 Å². The Morgan fingerprint density at radius 2 is 1.45 bits per heavy atom. The molecule has 0 saturated heterocycles. The van der Waals surface area contributed by atoms with Crippen molar-refractivity contribution in [2.45, 2.75) is 70.3 Å². The van der Waals surface area contributed by atoms with Crippen molar-refractivity contribution in [1.29, 1.82) is 0 Å². The van der Waals surface area contributed by atoms with Crippen LogP contribution >= 0.6 is 0 Å². The molecule has 0 heterocycles. The molecule has 2 amide bonds. The van der Waals surface area contributed by atoms with E-state index < -0.39 is 35.6 Å². The predicted molar refractivity (Wildman–Crippen MR) is 149 cm³/mol. The van der Waals surface area contributed by atoms with E-state index in [1.165, 1.54) is 0 Å². The van der Waals surface area contributed by atoms with Crippen LogP contribution in [-0.2, 0) is 32.1 Å². The maximum absolute atomic E-state index is 13.3. The van der Waals surface area contributed by atoms with Gasteiger partial charge in [-0.1, -0.05) is 72.8 Å². The first-order valence-corrected chi connectivity index (χ1v) is 12.9. The second-order valence-electron chi connectivity index (χ2n) is 10.4. The molecular weight excluding hydrogens is 480 g/mol. The van der Waals surface area contributed by atoms with Crippen LogP contribution in [0, 0.1) is 0 Å². The summed E-state index contributed by atoms with van der Waals surface area (Å²) in [6, 6.07) is 20.7. The molecule has 0 saturated carbocycles. The molecule has 3 aromatic rings. The van der Waals surface area contributed by atoms with Crippen molar-refractivity contribution in [2.75, 3.05) is 0 Å². The van der Waals surface area contributed by atoms with Crippen LogP contribution in [0.25, 0.3) is 10.8 Å². The zero-order chi connectivity index (χ0) is 27.7. The summed E-state index contributed by atoms with van der Waals surface area (Å²) in [5, 5.41) is 7.81. The van der Waals surface area contributed by atoms with Crippen LogP contribution in [0.1, 0.15) is 44.7 Å². The Labute approximate surface area is 224 Å². The molecule has 8 heteroatoms. The zero-order valence-corrected chi connectivity index (χ0v) is 22.3. The number of fused-ring (bicyclic) bond motifs is 1. The first kappa shape index (κ1) is 28.8. The lowest BCUT2D eigenvalue weighted by atomic mass is 9.97. The van der Waals surface area contributed by atoms with Crippen molar-refractivity contribution in [3.63, 3.8) is 0 Å². The van der Waals surface area contributed by atoms with Crippen molar-refractivity contribution >= 4 is 28.6 Å². The van der Waals surface area contributed by atoms with Gasteiger partial charge in [0.25, 0.3) is 0 Å². The fourth-order valence-electron chi connectivity index (χ4n) is 4.07. The lowest BCUT2D eigenvalue weighted by Crippen LogP contribution is -2.52. The Hall–Kier alpha value is -3.75. The SMILES string of the molecule is CC(C)(C)OC(=O)C(N)CC[C@@H](N)C(=O)N[C@H](Cc1cccc2ccccc12)C(=O)NCc1ccccc1. The van der Waals surface area contributed by atoms with Gasteiger partial charge >= 0.3 is 5.97 Å².